The van der Waals surface area contributed by atoms with Gasteiger partial charge in [0, 0.05) is 11.4 Å². The Balaban J connectivity index is 2.83. The van der Waals surface area contributed by atoms with Gasteiger partial charge in [-0.2, -0.15) is 0 Å². The second-order valence-electron chi connectivity index (χ2n) is 2.59. The molecule has 0 unspecified atom stereocenters. The predicted molar refractivity (Wildman–Crippen MR) is 40.5 cm³/mol. The zero-order valence-electron chi connectivity index (χ0n) is 5.33. The van der Waals surface area contributed by atoms with E-state index in [9.17, 15) is 0 Å². The number of nitrogens with zero attached hydrogens (tertiary/aromatic N) is 1. The van der Waals surface area contributed by atoms with E-state index >= 15 is 0 Å². The molecule has 0 atom stereocenters. The summed E-state index contributed by atoms with van der Waals surface area (Å²) in [5.74, 6) is 0. The molecule has 0 saturated carbocycles. The Labute approximate surface area is 58.0 Å². The van der Waals surface area contributed by atoms with Gasteiger partial charge in [0.2, 0.25) is 0 Å². The van der Waals surface area contributed by atoms with Crippen molar-refractivity contribution in [1.29, 1.82) is 0 Å². The van der Waals surface area contributed by atoms with Gasteiger partial charge in [0.1, 0.15) is 0 Å². The fraction of sp³-hybridized carbons (Fsp3) is 0. The van der Waals surface area contributed by atoms with E-state index in [1.54, 1.807) is 0 Å². The molecule has 1 nitrogen and oxygen atoms in total. The van der Waals surface area contributed by atoms with Crippen LogP contribution in [0.3, 0.4) is 0 Å². The highest BCUT2D eigenvalue weighted by molar-refractivity contribution is 5.89. The third-order valence-corrected chi connectivity index (χ3v) is 2.05. The predicted octanol–water partition coefficient (Wildman–Crippen LogP) is 1.10. The van der Waals surface area contributed by atoms with Gasteiger partial charge in [-0.3, -0.25) is 4.98 Å². The van der Waals surface area contributed by atoms with E-state index in [2.05, 4.69) is 29.3 Å². The lowest BCUT2D eigenvalue weighted by atomic mass is 9.96. The Morgan fingerprint density at radius 3 is 2.80 bits per heavy atom. The van der Waals surface area contributed by atoms with Crippen LogP contribution >= 0.6 is 0 Å². The van der Waals surface area contributed by atoms with Crippen molar-refractivity contribution >= 4 is 17.0 Å². The van der Waals surface area contributed by atoms with E-state index in [1.165, 1.54) is 16.2 Å². The van der Waals surface area contributed by atoms with Gasteiger partial charge >= 0.3 is 0 Å². The van der Waals surface area contributed by atoms with Crippen molar-refractivity contribution in [2.75, 3.05) is 0 Å². The topological polar surface area (TPSA) is 12.9 Å². The molecule has 1 heterocycles. The fourth-order valence-corrected chi connectivity index (χ4v) is 1.49. The summed E-state index contributed by atoms with van der Waals surface area (Å²) in [6.07, 6.45) is 4.04. The van der Waals surface area contributed by atoms with Gasteiger partial charge in [-0.25, -0.2) is 0 Å². The van der Waals surface area contributed by atoms with Gasteiger partial charge in [0.25, 0.3) is 0 Å². The van der Waals surface area contributed by atoms with Gasteiger partial charge in [-0.05, 0) is 29.2 Å². The second kappa shape index (κ2) is 1.21. The van der Waals surface area contributed by atoms with Crippen LogP contribution in [0.5, 0.6) is 0 Å². The van der Waals surface area contributed by atoms with Crippen molar-refractivity contribution in [2.24, 2.45) is 0 Å². The molecule has 0 amide bonds. The highest BCUT2D eigenvalue weighted by Crippen LogP contribution is 2.16. The number of benzene rings is 1. The zero-order valence-corrected chi connectivity index (χ0v) is 5.33. The Kier molecular flexibility index (Phi) is 0.539. The molecule has 0 aliphatic heterocycles. The molecular formula is C9H5N. The molecule has 2 aromatic rings. The first-order valence-electron chi connectivity index (χ1n) is 3.34. The number of rotatable bonds is 0. The van der Waals surface area contributed by atoms with Crippen LogP contribution in [0.2, 0.25) is 0 Å². The van der Waals surface area contributed by atoms with Gasteiger partial charge in [0.05, 0.1) is 5.52 Å². The number of hydrogen-bond donors (Lipinski definition) is 0. The molecule has 1 aliphatic carbocycles. The van der Waals surface area contributed by atoms with Crippen LogP contribution < -0.4 is 5.22 Å². The van der Waals surface area contributed by atoms with Crippen LogP contribution in [-0.2, 0) is 0 Å². The van der Waals surface area contributed by atoms with Crippen LogP contribution in [-0.4, -0.2) is 4.98 Å². The van der Waals surface area contributed by atoms with Crippen molar-refractivity contribution in [3.63, 3.8) is 0 Å². The molecule has 0 saturated heterocycles. The molecule has 46 valence electrons. The molecule has 0 spiro atoms. The van der Waals surface area contributed by atoms with E-state index in [0.717, 1.165) is 5.52 Å². The summed E-state index contributed by atoms with van der Waals surface area (Å²) < 4.78 is 0. The summed E-state index contributed by atoms with van der Waals surface area (Å²) >= 11 is 0. The average molecular weight is 127 g/mol. The zero-order chi connectivity index (χ0) is 6.55. The summed E-state index contributed by atoms with van der Waals surface area (Å²) in [5, 5.41) is 2.69. The Bertz CT molecular complexity index is 432. The van der Waals surface area contributed by atoms with Crippen molar-refractivity contribution in [3.05, 3.63) is 35.2 Å². The average Bonchev–Trinajstić information content (AvgIpc) is 1.96. The lowest BCUT2D eigenvalue weighted by Crippen LogP contribution is -2.15. The minimum Gasteiger partial charge on any atom is -0.256 e. The molecule has 1 heteroatoms. The van der Waals surface area contributed by atoms with Crippen molar-refractivity contribution < 1.29 is 0 Å². The summed E-state index contributed by atoms with van der Waals surface area (Å²) in [5.41, 5.74) is 2.47. The molecule has 1 aliphatic rings. The molecule has 0 N–H and O–H groups in total. The molecule has 0 fully saturated rings. The lowest BCUT2D eigenvalue weighted by molar-refractivity contribution is 1.36. The molecule has 1 aromatic heterocycles. The molecule has 4 bridgehead atoms. The SMILES string of the molecule is c1cc2c3ccc(n1)c2c3. The van der Waals surface area contributed by atoms with E-state index < -0.39 is 0 Å². The minimum atomic E-state index is 1.12. The van der Waals surface area contributed by atoms with Crippen molar-refractivity contribution in [2.45, 2.75) is 0 Å². The standard InChI is InChI=1S/C9H5N/c1-2-9-8-5-6(1)7(8)3-4-10-9/h1-5H. The maximum Gasteiger partial charge on any atom is 0.0708 e. The monoisotopic (exact) mass is 127 g/mol. The molecule has 10 heavy (non-hydrogen) atoms. The number of pyridine rings is 1. The van der Waals surface area contributed by atoms with Crippen LogP contribution in [0.1, 0.15) is 5.56 Å². The Hall–Kier alpha value is -1.37. The highest BCUT2D eigenvalue weighted by atomic mass is 14.6. The molecular weight excluding hydrogens is 122 g/mol. The Morgan fingerprint density at radius 1 is 1.10 bits per heavy atom. The first-order valence-corrected chi connectivity index (χ1v) is 3.34. The van der Waals surface area contributed by atoms with Crippen molar-refractivity contribution in [3.8, 4) is 0 Å². The fourth-order valence-electron chi connectivity index (χ4n) is 1.49. The summed E-state index contributed by atoms with van der Waals surface area (Å²) in [4.78, 5) is 4.22. The molecule has 1 aromatic carbocycles. The van der Waals surface area contributed by atoms with E-state index in [-0.39, 0.29) is 0 Å². The molecule has 0 radical (unpaired) electrons. The van der Waals surface area contributed by atoms with E-state index in [4.69, 9.17) is 0 Å². The highest BCUT2D eigenvalue weighted by Gasteiger charge is 2.07. The maximum atomic E-state index is 4.22. The van der Waals surface area contributed by atoms with Gasteiger partial charge in [-0.15, -0.1) is 0 Å². The van der Waals surface area contributed by atoms with Crippen LogP contribution in [0, 0.1) is 0 Å². The van der Waals surface area contributed by atoms with Crippen LogP contribution in [0.15, 0.2) is 24.4 Å². The first-order chi connectivity index (χ1) is 4.95. The second-order valence-corrected chi connectivity index (χ2v) is 2.59. The van der Waals surface area contributed by atoms with E-state index in [0.29, 0.717) is 0 Å². The minimum absolute atomic E-state index is 1.12. The quantitative estimate of drug-likeness (QED) is 0.440. The lowest BCUT2D eigenvalue weighted by Gasteiger charge is -2.10. The van der Waals surface area contributed by atoms with E-state index in [1.807, 2.05) is 6.20 Å². The van der Waals surface area contributed by atoms with Gasteiger partial charge in [-0.1, -0.05) is 6.07 Å². The third kappa shape index (κ3) is 0.320. The van der Waals surface area contributed by atoms with Gasteiger partial charge < -0.3 is 0 Å². The summed E-state index contributed by atoms with van der Waals surface area (Å²) in [6, 6.07) is 6.25. The number of aromatic nitrogens is 1. The van der Waals surface area contributed by atoms with Crippen LogP contribution in [0.25, 0.3) is 17.0 Å². The Morgan fingerprint density at radius 2 is 2.10 bits per heavy atom. The van der Waals surface area contributed by atoms with Gasteiger partial charge in [0.15, 0.2) is 0 Å². The largest absolute Gasteiger partial charge is 0.256 e. The smallest absolute Gasteiger partial charge is 0.0708 e. The number of hydrogen-bond acceptors (Lipinski definition) is 1. The summed E-state index contributed by atoms with van der Waals surface area (Å²) in [6.45, 7) is 0. The summed E-state index contributed by atoms with van der Waals surface area (Å²) in [7, 11) is 0. The maximum absolute atomic E-state index is 4.22. The first kappa shape index (κ1) is 4.45. The van der Waals surface area contributed by atoms with Crippen LogP contribution in [0.4, 0.5) is 0 Å². The molecule has 3 rings (SSSR count). The third-order valence-electron chi connectivity index (χ3n) is 2.05. The normalized spacial score (nSPS) is 12.8. The van der Waals surface area contributed by atoms with Crippen molar-refractivity contribution in [1.82, 2.24) is 4.98 Å².